The maximum atomic E-state index is 12.0. The highest BCUT2D eigenvalue weighted by Crippen LogP contribution is 2.14. The topological polar surface area (TPSA) is 80.0 Å². The molecule has 0 bridgehead atoms. The van der Waals surface area contributed by atoms with Crippen molar-refractivity contribution in [1.29, 1.82) is 0 Å². The van der Waals surface area contributed by atoms with Crippen molar-refractivity contribution in [2.45, 2.75) is 20.4 Å². The number of aryl methyl sites for hydroxylation is 2. The number of aromatic nitrogens is 2. The molecule has 1 aromatic heterocycles. The SMILES string of the molecule is CNc1ccc(C(=O)NCc2noc(C)n2)c(C)c1. The molecular formula is C13H16N4O2. The van der Waals surface area contributed by atoms with Crippen molar-refractivity contribution in [3.05, 3.63) is 41.0 Å². The van der Waals surface area contributed by atoms with Gasteiger partial charge in [0.15, 0.2) is 5.82 Å². The van der Waals surface area contributed by atoms with Gasteiger partial charge >= 0.3 is 0 Å². The lowest BCUT2D eigenvalue weighted by Crippen LogP contribution is -2.24. The monoisotopic (exact) mass is 260 g/mol. The van der Waals surface area contributed by atoms with Gasteiger partial charge in [-0.2, -0.15) is 4.98 Å². The second kappa shape index (κ2) is 5.51. The number of carbonyl (C=O) groups excluding carboxylic acids is 1. The van der Waals surface area contributed by atoms with Gasteiger partial charge in [0.1, 0.15) is 0 Å². The molecule has 0 radical (unpaired) electrons. The normalized spacial score (nSPS) is 10.3. The highest BCUT2D eigenvalue weighted by molar-refractivity contribution is 5.95. The molecule has 100 valence electrons. The standard InChI is InChI=1S/C13H16N4O2/c1-8-6-10(14-3)4-5-11(8)13(18)15-7-12-16-9(2)19-17-12/h4-6,14H,7H2,1-3H3,(H,15,18). The van der Waals surface area contributed by atoms with Crippen LogP contribution in [0.2, 0.25) is 0 Å². The van der Waals surface area contributed by atoms with Gasteiger partial charge in [0.25, 0.3) is 5.91 Å². The second-order valence-electron chi connectivity index (χ2n) is 4.19. The largest absolute Gasteiger partial charge is 0.388 e. The van der Waals surface area contributed by atoms with Crippen LogP contribution in [0.25, 0.3) is 0 Å². The number of nitrogens with zero attached hydrogens (tertiary/aromatic N) is 2. The molecule has 19 heavy (non-hydrogen) atoms. The first kappa shape index (κ1) is 13.1. The Morgan fingerprint density at radius 3 is 2.74 bits per heavy atom. The molecule has 1 aromatic carbocycles. The zero-order chi connectivity index (χ0) is 13.8. The van der Waals surface area contributed by atoms with E-state index in [0.717, 1.165) is 11.3 Å². The summed E-state index contributed by atoms with van der Waals surface area (Å²) in [6.45, 7) is 3.86. The van der Waals surface area contributed by atoms with E-state index in [1.165, 1.54) is 0 Å². The molecule has 6 heteroatoms. The Hall–Kier alpha value is -2.37. The number of anilines is 1. The average molecular weight is 260 g/mol. The summed E-state index contributed by atoms with van der Waals surface area (Å²) in [5, 5.41) is 9.51. The molecule has 0 saturated carbocycles. The first-order valence-corrected chi connectivity index (χ1v) is 5.96. The number of carbonyl (C=O) groups is 1. The molecular weight excluding hydrogens is 244 g/mol. The first-order valence-electron chi connectivity index (χ1n) is 5.96. The van der Waals surface area contributed by atoms with E-state index in [1.807, 2.05) is 26.1 Å². The van der Waals surface area contributed by atoms with E-state index in [9.17, 15) is 4.79 Å². The fourth-order valence-corrected chi connectivity index (χ4v) is 1.74. The summed E-state index contributed by atoms with van der Waals surface area (Å²) >= 11 is 0. The molecule has 1 amide bonds. The Kier molecular flexibility index (Phi) is 3.79. The average Bonchev–Trinajstić information content (AvgIpc) is 2.81. The highest BCUT2D eigenvalue weighted by Gasteiger charge is 2.10. The maximum absolute atomic E-state index is 12.0. The lowest BCUT2D eigenvalue weighted by Gasteiger charge is -2.08. The smallest absolute Gasteiger partial charge is 0.251 e. The fourth-order valence-electron chi connectivity index (χ4n) is 1.74. The Balaban J connectivity index is 2.03. The van der Waals surface area contributed by atoms with Crippen molar-refractivity contribution in [2.24, 2.45) is 0 Å². The van der Waals surface area contributed by atoms with Crippen LogP contribution in [0.1, 0.15) is 27.6 Å². The number of nitrogens with one attached hydrogen (secondary N) is 2. The molecule has 2 rings (SSSR count). The van der Waals surface area contributed by atoms with Gasteiger partial charge in [-0.15, -0.1) is 0 Å². The van der Waals surface area contributed by atoms with Gasteiger partial charge < -0.3 is 15.2 Å². The molecule has 0 unspecified atom stereocenters. The van der Waals surface area contributed by atoms with E-state index in [-0.39, 0.29) is 12.5 Å². The Bertz CT molecular complexity index is 592. The van der Waals surface area contributed by atoms with Crippen LogP contribution >= 0.6 is 0 Å². The first-order chi connectivity index (χ1) is 9.10. The van der Waals surface area contributed by atoms with Gasteiger partial charge in [0.2, 0.25) is 5.89 Å². The van der Waals surface area contributed by atoms with E-state index < -0.39 is 0 Å². The van der Waals surface area contributed by atoms with E-state index in [2.05, 4.69) is 20.8 Å². The summed E-state index contributed by atoms with van der Waals surface area (Å²) in [5.41, 5.74) is 2.52. The molecule has 2 N–H and O–H groups in total. The van der Waals surface area contributed by atoms with Crippen molar-refractivity contribution in [1.82, 2.24) is 15.5 Å². The van der Waals surface area contributed by atoms with Gasteiger partial charge in [0, 0.05) is 25.2 Å². The van der Waals surface area contributed by atoms with Gasteiger partial charge in [0.05, 0.1) is 6.54 Å². The van der Waals surface area contributed by atoms with Crippen molar-refractivity contribution >= 4 is 11.6 Å². The summed E-state index contributed by atoms with van der Waals surface area (Å²) < 4.78 is 4.84. The third kappa shape index (κ3) is 3.09. The molecule has 2 aromatic rings. The molecule has 0 spiro atoms. The van der Waals surface area contributed by atoms with E-state index in [0.29, 0.717) is 17.3 Å². The lowest BCUT2D eigenvalue weighted by molar-refractivity contribution is 0.0949. The minimum absolute atomic E-state index is 0.150. The minimum atomic E-state index is -0.150. The number of benzene rings is 1. The second-order valence-corrected chi connectivity index (χ2v) is 4.19. The quantitative estimate of drug-likeness (QED) is 0.873. The molecule has 0 atom stereocenters. The number of hydrogen-bond acceptors (Lipinski definition) is 5. The summed E-state index contributed by atoms with van der Waals surface area (Å²) in [6, 6.07) is 5.58. The molecule has 0 fully saturated rings. The van der Waals surface area contributed by atoms with Crippen LogP contribution in [0.3, 0.4) is 0 Å². The van der Waals surface area contributed by atoms with Gasteiger partial charge in [-0.1, -0.05) is 5.16 Å². The van der Waals surface area contributed by atoms with Crippen molar-refractivity contribution in [2.75, 3.05) is 12.4 Å². The van der Waals surface area contributed by atoms with Gasteiger partial charge in [-0.05, 0) is 30.7 Å². The van der Waals surface area contributed by atoms with E-state index >= 15 is 0 Å². The summed E-state index contributed by atoms with van der Waals surface area (Å²) in [7, 11) is 1.84. The van der Waals surface area contributed by atoms with Crippen LogP contribution in [-0.2, 0) is 6.54 Å². The van der Waals surface area contributed by atoms with Gasteiger partial charge in [-0.25, -0.2) is 0 Å². The van der Waals surface area contributed by atoms with Crippen LogP contribution in [-0.4, -0.2) is 23.1 Å². The van der Waals surface area contributed by atoms with Crippen LogP contribution in [0, 0.1) is 13.8 Å². The molecule has 0 aliphatic heterocycles. The van der Waals surface area contributed by atoms with E-state index in [4.69, 9.17) is 4.52 Å². The molecule has 0 aliphatic rings. The zero-order valence-corrected chi connectivity index (χ0v) is 11.2. The van der Waals surface area contributed by atoms with E-state index in [1.54, 1.807) is 13.0 Å². The van der Waals surface area contributed by atoms with Crippen molar-refractivity contribution in [3.8, 4) is 0 Å². The van der Waals surface area contributed by atoms with Crippen molar-refractivity contribution in [3.63, 3.8) is 0 Å². The van der Waals surface area contributed by atoms with Crippen LogP contribution in [0.5, 0.6) is 0 Å². The summed E-state index contributed by atoms with van der Waals surface area (Å²) in [5.74, 6) is 0.803. The highest BCUT2D eigenvalue weighted by atomic mass is 16.5. The summed E-state index contributed by atoms with van der Waals surface area (Å²) in [6.07, 6.45) is 0. The Labute approximate surface area is 111 Å². The number of rotatable bonds is 4. The van der Waals surface area contributed by atoms with Crippen LogP contribution in [0.15, 0.2) is 22.7 Å². The molecule has 0 saturated heterocycles. The molecule has 0 aliphatic carbocycles. The number of amides is 1. The Morgan fingerprint density at radius 1 is 1.37 bits per heavy atom. The van der Waals surface area contributed by atoms with Gasteiger partial charge in [-0.3, -0.25) is 4.79 Å². The molecule has 1 heterocycles. The predicted molar refractivity (Wildman–Crippen MR) is 70.9 cm³/mol. The third-order valence-corrected chi connectivity index (χ3v) is 2.74. The zero-order valence-electron chi connectivity index (χ0n) is 11.2. The minimum Gasteiger partial charge on any atom is -0.388 e. The fraction of sp³-hybridized carbons (Fsp3) is 0.308. The lowest BCUT2D eigenvalue weighted by atomic mass is 10.1. The van der Waals surface area contributed by atoms with Crippen molar-refractivity contribution < 1.29 is 9.32 Å². The number of hydrogen-bond donors (Lipinski definition) is 2. The molecule has 6 nitrogen and oxygen atoms in total. The third-order valence-electron chi connectivity index (χ3n) is 2.74. The predicted octanol–water partition coefficient (Wildman–Crippen LogP) is 1.66. The van der Waals surface area contributed by atoms with Crippen LogP contribution in [0.4, 0.5) is 5.69 Å². The summed E-state index contributed by atoms with van der Waals surface area (Å²) in [4.78, 5) is 16.1. The van der Waals surface area contributed by atoms with Crippen LogP contribution < -0.4 is 10.6 Å². The maximum Gasteiger partial charge on any atom is 0.251 e. The Morgan fingerprint density at radius 2 is 2.16 bits per heavy atom.